The molecule has 0 unspecified atom stereocenters. The molecule has 0 N–H and O–H groups in total. The second-order valence-electron chi connectivity index (χ2n) is 5.11. The smallest absolute Gasteiger partial charge is 0.349 e. The summed E-state index contributed by atoms with van der Waals surface area (Å²) in [5.74, 6) is -0.407. The van der Waals surface area contributed by atoms with E-state index in [0.717, 1.165) is 6.26 Å². The molecule has 7 nitrogen and oxygen atoms in total. The zero-order chi connectivity index (χ0) is 19.1. The average molecular weight is 388 g/mol. The Morgan fingerprint density at radius 3 is 2.63 bits per heavy atom. The quantitative estimate of drug-likeness (QED) is 0.347. The Bertz CT molecular complexity index is 963. The summed E-state index contributed by atoms with van der Waals surface area (Å²) in [7, 11) is 0. The summed E-state index contributed by atoms with van der Waals surface area (Å²) in [6, 6.07) is 8.09. The normalized spacial score (nSPS) is 10.4. The van der Waals surface area contributed by atoms with Crippen molar-refractivity contribution in [2.75, 3.05) is 6.61 Å². The summed E-state index contributed by atoms with van der Waals surface area (Å²) in [6.45, 7) is -0.436. The molecule has 2 heterocycles. The molecule has 0 fully saturated rings. The number of halogens is 1. The lowest BCUT2D eigenvalue weighted by Gasteiger charge is -2.06. The van der Waals surface area contributed by atoms with E-state index in [2.05, 4.69) is 9.97 Å². The number of carbonyl (C=O) groups excluding carboxylic acids is 1. The van der Waals surface area contributed by atoms with E-state index in [4.69, 9.17) is 13.9 Å². The van der Waals surface area contributed by atoms with Crippen LogP contribution in [0.25, 0.3) is 0 Å². The highest BCUT2D eigenvalue weighted by atomic mass is 32.2. The van der Waals surface area contributed by atoms with Crippen molar-refractivity contribution in [2.24, 2.45) is 0 Å². The van der Waals surface area contributed by atoms with Gasteiger partial charge in [0, 0.05) is 18.5 Å². The Balaban J connectivity index is 1.53. The highest BCUT2D eigenvalue weighted by Crippen LogP contribution is 2.18. The predicted molar refractivity (Wildman–Crippen MR) is 94.1 cm³/mol. The molecular weight excluding hydrogens is 375 g/mol. The van der Waals surface area contributed by atoms with Crippen molar-refractivity contribution in [3.63, 3.8) is 0 Å². The summed E-state index contributed by atoms with van der Waals surface area (Å²) in [4.78, 5) is 31.9. The van der Waals surface area contributed by atoms with Gasteiger partial charge in [0.1, 0.15) is 23.6 Å². The van der Waals surface area contributed by atoms with E-state index in [-0.39, 0.29) is 5.75 Å². The number of aromatic nitrogens is 2. The first-order valence-corrected chi connectivity index (χ1v) is 8.69. The Morgan fingerprint density at radius 2 is 1.93 bits per heavy atom. The number of nitrogens with zero attached hydrogens (tertiary/aromatic N) is 2. The summed E-state index contributed by atoms with van der Waals surface area (Å²) in [5, 5.41) is 0.550. The number of hydrogen-bond acceptors (Lipinski definition) is 8. The fourth-order valence-corrected chi connectivity index (χ4v) is 2.60. The zero-order valence-electron chi connectivity index (χ0n) is 13.8. The number of hydrogen-bond donors (Lipinski definition) is 0. The van der Waals surface area contributed by atoms with Crippen molar-refractivity contribution in [1.82, 2.24) is 9.97 Å². The molecule has 27 heavy (non-hydrogen) atoms. The molecule has 0 spiro atoms. The first kappa shape index (κ1) is 18.6. The highest BCUT2D eigenvalue weighted by Gasteiger charge is 2.12. The topological polar surface area (TPSA) is 91.5 Å². The molecular formula is C18H13FN2O5S. The van der Waals surface area contributed by atoms with Gasteiger partial charge < -0.3 is 13.9 Å². The molecule has 3 rings (SSSR count). The largest absolute Gasteiger partial charge is 0.482 e. The molecule has 9 heteroatoms. The Hall–Kier alpha value is -3.20. The highest BCUT2D eigenvalue weighted by molar-refractivity contribution is 7.98. The molecule has 1 aromatic carbocycles. The summed E-state index contributed by atoms with van der Waals surface area (Å²) in [5.41, 5.74) is -0.499. The molecule has 3 aromatic rings. The van der Waals surface area contributed by atoms with Crippen LogP contribution in [0.1, 0.15) is 5.76 Å². The lowest BCUT2D eigenvalue weighted by molar-refractivity contribution is -0.136. The van der Waals surface area contributed by atoms with Gasteiger partial charge in [-0.1, -0.05) is 11.8 Å². The maximum Gasteiger partial charge on any atom is 0.349 e. The second kappa shape index (κ2) is 8.95. The molecule has 138 valence electrons. The molecule has 2 aromatic heterocycles. The van der Waals surface area contributed by atoms with Crippen molar-refractivity contribution in [1.29, 1.82) is 0 Å². The molecule has 0 saturated heterocycles. The van der Waals surface area contributed by atoms with Gasteiger partial charge in [0.05, 0.1) is 5.75 Å². The number of esters is 1. The van der Waals surface area contributed by atoms with Crippen molar-refractivity contribution in [2.45, 2.75) is 10.9 Å². The molecule has 0 amide bonds. The van der Waals surface area contributed by atoms with Gasteiger partial charge in [0.15, 0.2) is 11.8 Å². The maximum absolute atomic E-state index is 12.8. The molecule has 0 aliphatic carbocycles. The predicted octanol–water partition coefficient (Wildman–Crippen LogP) is 2.85. The first-order chi connectivity index (χ1) is 13.1. The van der Waals surface area contributed by atoms with E-state index < -0.39 is 23.8 Å². The van der Waals surface area contributed by atoms with Crippen LogP contribution in [0.5, 0.6) is 11.5 Å². The van der Waals surface area contributed by atoms with Crippen LogP contribution in [-0.4, -0.2) is 22.5 Å². The van der Waals surface area contributed by atoms with Gasteiger partial charge in [0.25, 0.3) is 0 Å². The van der Waals surface area contributed by atoms with Crippen molar-refractivity contribution in [3.8, 4) is 11.5 Å². The first-order valence-electron chi connectivity index (χ1n) is 7.71. The molecule has 0 bridgehead atoms. The van der Waals surface area contributed by atoms with Crippen molar-refractivity contribution < 1.29 is 23.1 Å². The Labute approximate surface area is 157 Å². The van der Waals surface area contributed by atoms with Gasteiger partial charge in [-0.2, -0.15) is 0 Å². The third-order valence-corrected chi connectivity index (χ3v) is 4.03. The fourth-order valence-electron chi connectivity index (χ4n) is 1.91. The summed E-state index contributed by atoms with van der Waals surface area (Å²) in [6.07, 6.45) is 4.30. The van der Waals surface area contributed by atoms with Gasteiger partial charge in [0.2, 0.25) is 11.2 Å². The zero-order valence-corrected chi connectivity index (χ0v) is 14.6. The third-order valence-electron chi connectivity index (χ3n) is 3.13. The van der Waals surface area contributed by atoms with Gasteiger partial charge in [-0.15, -0.1) is 0 Å². The number of ether oxygens (including phenoxy) is 2. The van der Waals surface area contributed by atoms with E-state index in [0.29, 0.717) is 22.4 Å². The van der Waals surface area contributed by atoms with E-state index >= 15 is 0 Å². The standard InChI is InChI=1S/C18H13FN2O5S/c19-12-2-4-13(5-3-12)25-10-17(23)26-16-9-24-14(8-15(16)22)11-27-18-20-6-1-7-21-18/h1-9H,10-11H2. The SMILES string of the molecule is O=C(COc1ccc(F)cc1)Oc1coc(CSc2ncccn2)cc1=O. The van der Waals surface area contributed by atoms with E-state index in [1.165, 1.54) is 42.1 Å². The van der Waals surface area contributed by atoms with Crippen LogP contribution in [-0.2, 0) is 10.5 Å². The second-order valence-corrected chi connectivity index (χ2v) is 6.05. The van der Waals surface area contributed by atoms with E-state index in [9.17, 15) is 14.0 Å². The molecule has 0 saturated carbocycles. The van der Waals surface area contributed by atoms with E-state index in [1.54, 1.807) is 18.5 Å². The van der Waals surface area contributed by atoms with Crippen LogP contribution in [0, 0.1) is 5.82 Å². The van der Waals surface area contributed by atoms with Crippen LogP contribution in [0.15, 0.2) is 69.4 Å². The van der Waals surface area contributed by atoms with Crippen molar-refractivity contribution in [3.05, 3.63) is 76.9 Å². The van der Waals surface area contributed by atoms with Gasteiger partial charge in [-0.3, -0.25) is 4.79 Å². The minimum absolute atomic E-state index is 0.243. The van der Waals surface area contributed by atoms with Crippen LogP contribution < -0.4 is 14.9 Å². The minimum atomic E-state index is -0.786. The molecule has 0 radical (unpaired) electrons. The Morgan fingerprint density at radius 1 is 1.19 bits per heavy atom. The van der Waals surface area contributed by atoms with Crippen LogP contribution in [0.4, 0.5) is 4.39 Å². The molecule has 0 aliphatic rings. The maximum atomic E-state index is 12.8. The molecule has 0 atom stereocenters. The van der Waals surface area contributed by atoms with Crippen LogP contribution in [0.2, 0.25) is 0 Å². The third kappa shape index (κ3) is 5.65. The van der Waals surface area contributed by atoms with Crippen LogP contribution in [0.3, 0.4) is 0 Å². The van der Waals surface area contributed by atoms with Crippen molar-refractivity contribution >= 4 is 17.7 Å². The van der Waals surface area contributed by atoms with E-state index in [1.807, 2.05) is 0 Å². The molecule has 0 aliphatic heterocycles. The number of rotatable bonds is 7. The number of carbonyl (C=O) groups is 1. The number of thioether (sulfide) groups is 1. The minimum Gasteiger partial charge on any atom is -0.482 e. The lowest BCUT2D eigenvalue weighted by atomic mass is 10.3. The summed E-state index contributed by atoms with van der Waals surface area (Å²) >= 11 is 1.30. The van der Waals surface area contributed by atoms with Gasteiger partial charge in [-0.05, 0) is 30.3 Å². The average Bonchev–Trinajstić information content (AvgIpc) is 2.69. The Kier molecular flexibility index (Phi) is 6.16. The lowest BCUT2D eigenvalue weighted by Crippen LogP contribution is -2.20. The van der Waals surface area contributed by atoms with Gasteiger partial charge in [-0.25, -0.2) is 19.2 Å². The van der Waals surface area contributed by atoms with Crippen LogP contribution >= 0.6 is 11.8 Å². The van der Waals surface area contributed by atoms with Gasteiger partial charge >= 0.3 is 5.97 Å². The fraction of sp³-hybridized carbons (Fsp3) is 0.111. The summed E-state index contributed by atoms with van der Waals surface area (Å²) < 4.78 is 28.2. The monoisotopic (exact) mass is 388 g/mol. The number of benzene rings is 1.